The zero-order valence-electron chi connectivity index (χ0n) is 11.7. The Morgan fingerprint density at radius 2 is 1.90 bits per heavy atom. The summed E-state index contributed by atoms with van der Waals surface area (Å²) >= 11 is 0. The van der Waals surface area contributed by atoms with E-state index in [0.29, 0.717) is 5.69 Å². The summed E-state index contributed by atoms with van der Waals surface area (Å²) < 4.78 is 0. The molecule has 1 aliphatic carbocycles. The molecule has 1 aromatic carbocycles. The van der Waals surface area contributed by atoms with E-state index in [-0.39, 0.29) is 18.4 Å². The molecular formula is C17H18N2O2. The fourth-order valence-corrected chi connectivity index (χ4v) is 2.57. The van der Waals surface area contributed by atoms with Gasteiger partial charge in [0.2, 0.25) is 0 Å². The van der Waals surface area contributed by atoms with E-state index in [2.05, 4.69) is 10.3 Å². The topological polar surface area (TPSA) is 62.2 Å². The number of aromatic nitrogens is 1. The van der Waals surface area contributed by atoms with Gasteiger partial charge in [0, 0.05) is 6.20 Å². The Hall–Kier alpha value is -2.20. The van der Waals surface area contributed by atoms with Crippen LogP contribution in [0.2, 0.25) is 0 Å². The predicted molar refractivity (Wildman–Crippen MR) is 79.6 cm³/mol. The second-order valence-corrected chi connectivity index (χ2v) is 5.46. The summed E-state index contributed by atoms with van der Waals surface area (Å²) in [5, 5.41) is 13.8. The molecule has 1 amide bonds. The lowest BCUT2D eigenvalue weighted by atomic mass is 9.88. The van der Waals surface area contributed by atoms with Crippen molar-refractivity contribution in [3.05, 3.63) is 66.0 Å². The molecule has 0 spiro atoms. The van der Waals surface area contributed by atoms with Crippen molar-refractivity contribution in [2.45, 2.75) is 18.4 Å². The van der Waals surface area contributed by atoms with Crippen LogP contribution in [0.15, 0.2) is 54.7 Å². The second-order valence-electron chi connectivity index (χ2n) is 5.46. The van der Waals surface area contributed by atoms with Crippen molar-refractivity contribution >= 4 is 5.91 Å². The molecule has 4 nitrogen and oxygen atoms in total. The molecule has 0 radical (unpaired) electrons. The first-order valence-electron chi connectivity index (χ1n) is 7.17. The summed E-state index contributed by atoms with van der Waals surface area (Å²) in [6, 6.07) is 14.7. The highest BCUT2D eigenvalue weighted by Gasteiger charge is 2.45. The number of carbonyl (C=O) groups excluding carboxylic acids is 1. The number of nitrogens with one attached hydrogen (secondary N) is 1. The van der Waals surface area contributed by atoms with Crippen LogP contribution in [0.1, 0.15) is 28.9 Å². The van der Waals surface area contributed by atoms with Crippen LogP contribution in [-0.4, -0.2) is 22.5 Å². The molecule has 2 N–H and O–H groups in total. The van der Waals surface area contributed by atoms with Crippen LogP contribution in [0.25, 0.3) is 0 Å². The summed E-state index contributed by atoms with van der Waals surface area (Å²) in [5.74, 6) is -0.0467. The van der Waals surface area contributed by atoms with Crippen molar-refractivity contribution in [2.75, 3.05) is 6.54 Å². The molecular weight excluding hydrogens is 264 g/mol. The normalized spacial score (nSPS) is 17.0. The molecule has 108 valence electrons. The fourth-order valence-electron chi connectivity index (χ4n) is 2.57. The van der Waals surface area contributed by atoms with Crippen LogP contribution in [-0.2, 0) is 5.60 Å². The van der Waals surface area contributed by atoms with Gasteiger partial charge in [-0.3, -0.25) is 9.78 Å². The lowest BCUT2D eigenvalue weighted by molar-refractivity contribution is 0.0134. The Kier molecular flexibility index (Phi) is 3.71. The Balaban J connectivity index is 1.73. The van der Waals surface area contributed by atoms with E-state index < -0.39 is 5.60 Å². The van der Waals surface area contributed by atoms with E-state index >= 15 is 0 Å². The summed E-state index contributed by atoms with van der Waals surface area (Å²) in [4.78, 5) is 16.1. The van der Waals surface area contributed by atoms with Crippen molar-refractivity contribution in [3.63, 3.8) is 0 Å². The van der Waals surface area contributed by atoms with Gasteiger partial charge in [0.25, 0.3) is 5.91 Å². The molecule has 1 heterocycles. The van der Waals surface area contributed by atoms with Gasteiger partial charge in [-0.15, -0.1) is 0 Å². The van der Waals surface area contributed by atoms with Gasteiger partial charge in [0.05, 0.1) is 6.54 Å². The number of nitrogens with zero attached hydrogens (tertiary/aromatic N) is 1. The molecule has 1 aliphatic rings. The van der Waals surface area contributed by atoms with Crippen LogP contribution in [0.3, 0.4) is 0 Å². The lowest BCUT2D eigenvalue weighted by Crippen LogP contribution is -2.42. The van der Waals surface area contributed by atoms with Gasteiger partial charge >= 0.3 is 0 Å². The molecule has 2 aromatic rings. The van der Waals surface area contributed by atoms with Gasteiger partial charge < -0.3 is 10.4 Å². The number of amides is 1. The van der Waals surface area contributed by atoms with Crippen LogP contribution < -0.4 is 5.32 Å². The molecule has 1 atom stereocenters. The lowest BCUT2D eigenvalue weighted by Gasteiger charge is -2.29. The Morgan fingerprint density at radius 3 is 2.52 bits per heavy atom. The van der Waals surface area contributed by atoms with Gasteiger partial charge in [0.15, 0.2) is 0 Å². The molecule has 4 heteroatoms. The van der Waals surface area contributed by atoms with Crippen molar-refractivity contribution in [3.8, 4) is 0 Å². The van der Waals surface area contributed by atoms with E-state index in [0.717, 1.165) is 18.4 Å². The first-order chi connectivity index (χ1) is 10.2. The molecule has 0 saturated heterocycles. The minimum Gasteiger partial charge on any atom is -0.383 e. The third kappa shape index (κ3) is 2.95. The maximum absolute atomic E-state index is 12.1. The Labute approximate surface area is 123 Å². The van der Waals surface area contributed by atoms with Crippen LogP contribution >= 0.6 is 0 Å². The van der Waals surface area contributed by atoms with E-state index in [4.69, 9.17) is 0 Å². The Morgan fingerprint density at radius 1 is 1.19 bits per heavy atom. The second kappa shape index (κ2) is 5.66. The Bertz CT molecular complexity index is 611. The van der Waals surface area contributed by atoms with Crippen molar-refractivity contribution in [2.24, 2.45) is 5.92 Å². The standard InChI is InChI=1S/C17H18N2O2/c20-16(15-8-4-5-11-18-15)19-12-17(21,14-9-10-14)13-6-2-1-3-7-13/h1-8,11,14,21H,9-10,12H2,(H,19,20)/t17-/m0/s1. The quantitative estimate of drug-likeness (QED) is 0.883. The number of hydrogen-bond donors (Lipinski definition) is 2. The van der Waals surface area contributed by atoms with Gasteiger partial charge in [-0.1, -0.05) is 36.4 Å². The average molecular weight is 282 g/mol. The molecule has 0 bridgehead atoms. The fraction of sp³-hybridized carbons (Fsp3) is 0.294. The van der Waals surface area contributed by atoms with Crippen molar-refractivity contribution in [1.29, 1.82) is 0 Å². The van der Waals surface area contributed by atoms with E-state index in [1.54, 1.807) is 24.4 Å². The zero-order valence-corrected chi connectivity index (χ0v) is 11.7. The number of hydrogen-bond acceptors (Lipinski definition) is 3. The number of carbonyl (C=O) groups is 1. The third-order valence-corrected chi connectivity index (χ3v) is 3.94. The molecule has 21 heavy (non-hydrogen) atoms. The zero-order chi connectivity index (χ0) is 14.7. The largest absolute Gasteiger partial charge is 0.383 e. The van der Waals surface area contributed by atoms with E-state index in [9.17, 15) is 9.90 Å². The van der Waals surface area contributed by atoms with Gasteiger partial charge in [-0.05, 0) is 36.5 Å². The molecule has 1 saturated carbocycles. The van der Waals surface area contributed by atoms with E-state index in [1.807, 2.05) is 30.3 Å². The van der Waals surface area contributed by atoms with Crippen LogP contribution in [0.5, 0.6) is 0 Å². The third-order valence-electron chi connectivity index (χ3n) is 3.94. The van der Waals surface area contributed by atoms with Gasteiger partial charge in [-0.2, -0.15) is 0 Å². The van der Waals surface area contributed by atoms with E-state index in [1.165, 1.54) is 0 Å². The minimum atomic E-state index is -0.994. The summed E-state index contributed by atoms with van der Waals surface area (Å²) in [6.07, 6.45) is 3.56. The SMILES string of the molecule is O=C(NC[C@](O)(c1ccccc1)C1CC1)c1ccccn1. The molecule has 3 rings (SSSR count). The maximum atomic E-state index is 12.1. The summed E-state index contributed by atoms with van der Waals surface area (Å²) in [6.45, 7) is 0.205. The monoisotopic (exact) mass is 282 g/mol. The molecule has 1 aromatic heterocycles. The average Bonchev–Trinajstić information content (AvgIpc) is 3.39. The molecule has 1 fully saturated rings. The highest BCUT2D eigenvalue weighted by molar-refractivity contribution is 5.92. The summed E-state index contributed by atoms with van der Waals surface area (Å²) in [5.41, 5.74) is 0.226. The number of benzene rings is 1. The predicted octanol–water partition coefficient (Wildman–Crippen LogP) is 2.11. The summed E-state index contributed by atoms with van der Waals surface area (Å²) in [7, 11) is 0. The van der Waals surface area contributed by atoms with Crippen LogP contribution in [0, 0.1) is 5.92 Å². The first-order valence-corrected chi connectivity index (χ1v) is 7.17. The highest BCUT2D eigenvalue weighted by Crippen LogP contribution is 2.45. The van der Waals surface area contributed by atoms with Gasteiger partial charge in [-0.25, -0.2) is 0 Å². The van der Waals surface area contributed by atoms with Crippen LogP contribution in [0.4, 0.5) is 0 Å². The number of rotatable bonds is 5. The first kappa shape index (κ1) is 13.8. The number of pyridine rings is 1. The van der Waals surface area contributed by atoms with Crippen molar-refractivity contribution in [1.82, 2.24) is 10.3 Å². The number of aliphatic hydroxyl groups is 1. The van der Waals surface area contributed by atoms with Gasteiger partial charge in [0.1, 0.15) is 11.3 Å². The molecule has 0 unspecified atom stereocenters. The minimum absolute atomic E-state index is 0.205. The van der Waals surface area contributed by atoms with Crippen molar-refractivity contribution < 1.29 is 9.90 Å². The smallest absolute Gasteiger partial charge is 0.269 e. The molecule has 0 aliphatic heterocycles. The maximum Gasteiger partial charge on any atom is 0.269 e. The highest BCUT2D eigenvalue weighted by atomic mass is 16.3.